The molecule has 0 radical (unpaired) electrons. The maximum Gasteiger partial charge on any atom is 0.273 e. The predicted octanol–water partition coefficient (Wildman–Crippen LogP) is 5.74. The topological polar surface area (TPSA) is 62.7 Å². The number of hydrogen-bond donors (Lipinski definition) is 2. The van der Waals surface area contributed by atoms with Gasteiger partial charge in [0, 0.05) is 18.7 Å². The van der Waals surface area contributed by atoms with Gasteiger partial charge in [-0.3, -0.25) is 4.79 Å². The van der Waals surface area contributed by atoms with E-state index >= 15 is 0 Å². The van der Waals surface area contributed by atoms with Gasteiger partial charge in [0.05, 0.1) is 11.8 Å². The first-order valence-corrected chi connectivity index (χ1v) is 11.7. The molecule has 3 aromatic carbocycles. The van der Waals surface area contributed by atoms with E-state index in [0.717, 1.165) is 28.9 Å². The Morgan fingerprint density at radius 1 is 1.06 bits per heavy atom. The van der Waals surface area contributed by atoms with E-state index in [2.05, 4.69) is 76.5 Å². The van der Waals surface area contributed by atoms with Crippen molar-refractivity contribution in [1.82, 2.24) is 5.43 Å². The molecule has 0 saturated carbocycles. The molecule has 5 rings (SSSR count). The lowest BCUT2D eigenvalue weighted by molar-refractivity contribution is -0.131. The summed E-state index contributed by atoms with van der Waals surface area (Å²) in [6, 6.07) is 26.8. The molecule has 0 fully saturated rings. The van der Waals surface area contributed by atoms with Gasteiger partial charge in [-0.15, -0.1) is 0 Å². The van der Waals surface area contributed by atoms with Gasteiger partial charge in [0.2, 0.25) is 0 Å². The second-order valence-corrected chi connectivity index (χ2v) is 8.89. The van der Waals surface area contributed by atoms with Gasteiger partial charge >= 0.3 is 0 Å². The Balaban J connectivity index is 1.36. The van der Waals surface area contributed by atoms with Crippen LogP contribution >= 0.6 is 0 Å². The van der Waals surface area contributed by atoms with E-state index in [1.807, 2.05) is 37.3 Å². The molecule has 1 amide bonds. The van der Waals surface area contributed by atoms with Gasteiger partial charge in [-0.1, -0.05) is 78.9 Å². The predicted molar refractivity (Wildman–Crippen MR) is 136 cm³/mol. The SMILES string of the molecule is CO[C@@H](C(=O)N/N=C(/C)c1ccc2c(c1)[C@@H]1C=CC[C@@H]1[C@H](c1ccccc1)N2)c1ccccc1. The highest BCUT2D eigenvalue weighted by atomic mass is 16.5. The average Bonchev–Trinajstić information content (AvgIpc) is 3.38. The first-order valence-electron chi connectivity index (χ1n) is 11.7. The van der Waals surface area contributed by atoms with Crippen LogP contribution in [0, 0.1) is 5.92 Å². The van der Waals surface area contributed by atoms with Gasteiger partial charge < -0.3 is 10.1 Å². The zero-order valence-corrected chi connectivity index (χ0v) is 19.4. The molecule has 0 unspecified atom stereocenters. The van der Waals surface area contributed by atoms with Gasteiger partial charge in [0.25, 0.3) is 5.91 Å². The normalized spacial score (nSPS) is 21.8. The van der Waals surface area contributed by atoms with Crippen LogP contribution in [0.2, 0.25) is 0 Å². The Morgan fingerprint density at radius 2 is 1.79 bits per heavy atom. The Hall–Kier alpha value is -3.70. The van der Waals surface area contributed by atoms with E-state index in [-0.39, 0.29) is 11.9 Å². The molecule has 4 atom stereocenters. The Morgan fingerprint density at radius 3 is 2.53 bits per heavy atom. The molecule has 0 saturated heterocycles. The number of anilines is 1. The molecule has 0 spiro atoms. The summed E-state index contributed by atoms with van der Waals surface area (Å²) in [4.78, 5) is 12.7. The minimum atomic E-state index is -0.704. The fourth-order valence-corrected chi connectivity index (χ4v) is 5.09. The standard InChI is InChI=1S/C29H29N3O2/c1-19(31-32-29(33)28(34-2)21-12-7-4-8-13-21)22-16-17-26-25(18-22)23-14-9-15-24(23)27(30-26)20-10-5-3-6-11-20/h3-14,16-18,23-24,27-28,30H,15H2,1-2H3,(H,32,33)/b31-19-/t23-,24+,27+,28-/m1/s1. The van der Waals surface area contributed by atoms with Gasteiger partial charge in [0.15, 0.2) is 6.10 Å². The van der Waals surface area contributed by atoms with Crippen LogP contribution in [0.3, 0.4) is 0 Å². The van der Waals surface area contributed by atoms with Crippen LogP contribution in [0.4, 0.5) is 5.69 Å². The summed E-state index contributed by atoms with van der Waals surface area (Å²) in [5.41, 5.74) is 8.98. The van der Waals surface area contributed by atoms with Gasteiger partial charge in [0.1, 0.15) is 0 Å². The van der Waals surface area contributed by atoms with Crippen LogP contribution in [0.15, 0.2) is 96.1 Å². The minimum Gasteiger partial charge on any atom is -0.378 e. The van der Waals surface area contributed by atoms with E-state index in [0.29, 0.717) is 11.8 Å². The van der Waals surface area contributed by atoms with Gasteiger partial charge in [-0.25, -0.2) is 5.43 Å². The summed E-state index contributed by atoms with van der Waals surface area (Å²) in [5, 5.41) is 8.16. The van der Waals surface area contributed by atoms with E-state index in [4.69, 9.17) is 4.74 Å². The van der Waals surface area contributed by atoms with E-state index in [9.17, 15) is 4.79 Å². The van der Waals surface area contributed by atoms with Crippen molar-refractivity contribution in [1.29, 1.82) is 0 Å². The van der Waals surface area contributed by atoms with Crippen LogP contribution in [0.5, 0.6) is 0 Å². The Labute approximate surface area is 200 Å². The molecule has 1 aliphatic heterocycles. The number of benzene rings is 3. The molecule has 34 heavy (non-hydrogen) atoms. The number of amides is 1. The number of nitrogens with one attached hydrogen (secondary N) is 2. The lowest BCUT2D eigenvalue weighted by Crippen LogP contribution is -2.29. The molecule has 1 heterocycles. The molecule has 0 aromatic heterocycles. The third-order valence-electron chi connectivity index (χ3n) is 6.85. The first kappa shape index (κ1) is 22.1. The van der Waals surface area contributed by atoms with E-state index in [1.165, 1.54) is 18.2 Å². The highest BCUT2D eigenvalue weighted by Gasteiger charge is 2.37. The van der Waals surface area contributed by atoms with E-state index in [1.54, 1.807) is 0 Å². The van der Waals surface area contributed by atoms with Crippen LogP contribution < -0.4 is 10.7 Å². The van der Waals surface area contributed by atoms with Gasteiger partial charge in [-0.05, 0) is 53.6 Å². The summed E-state index contributed by atoms with van der Waals surface area (Å²) >= 11 is 0. The first-order chi connectivity index (χ1) is 16.7. The Kier molecular flexibility index (Phi) is 6.28. The number of allylic oxidation sites excluding steroid dienone is 2. The smallest absolute Gasteiger partial charge is 0.273 e. The number of fused-ring (bicyclic) bond motifs is 3. The highest BCUT2D eigenvalue weighted by Crippen LogP contribution is 2.49. The third-order valence-corrected chi connectivity index (χ3v) is 6.85. The van der Waals surface area contributed by atoms with Crippen molar-refractivity contribution >= 4 is 17.3 Å². The van der Waals surface area contributed by atoms with Crippen molar-refractivity contribution < 1.29 is 9.53 Å². The minimum absolute atomic E-state index is 0.289. The van der Waals surface area contributed by atoms with Crippen LogP contribution in [0.1, 0.15) is 53.7 Å². The third kappa shape index (κ3) is 4.27. The van der Waals surface area contributed by atoms with Crippen molar-refractivity contribution in [3.8, 4) is 0 Å². The fourth-order valence-electron chi connectivity index (χ4n) is 5.09. The summed E-state index contributed by atoms with van der Waals surface area (Å²) in [6.07, 6.45) is 4.98. The molecule has 3 aromatic rings. The second kappa shape index (κ2) is 9.65. The molecule has 5 nitrogen and oxygen atoms in total. The van der Waals surface area contributed by atoms with Crippen LogP contribution in [0.25, 0.3) is 0 Å². The summed E-state index contributed by atoms with van der Waals surface area (Å²) in [5.74, 6) is 0.548. The number of methoxy groups -OCH3 is 1. The monoisotopic (exact) mass is 451 g/mol. The number of nitrogens with zero attached hydrogens (tertiary/aromatic N) is 1. The molecular weight excluding hydrogens is 422 g/mol. The molecule has 172 valence electrons. The fraction of sp³-hybridized carbons (Fsp3) is 0.241. The largest absolute Gasteiger partial charge is 0.378 e. The zero-order valence-electron chi connectivity index (χ0n) is 19.4. The second-order valence-electron chi connectivity index (χ2n) is 8.89. The maximum atomic E-state index is 12.7. The molecular formula is C29H29N3O2. The molecule has 1 aliphatic carbocycles. The number of hydrogen-bond acceptors (Lipinski definition) is 4. The number of hydrazone groups is 1. The molecule has 5 heteroatoms. The summed E-state index contributed by atoms with van der Waals surface area (Å²) < 4.78 is 5.41. The number of rotatable bonds is 6. The van der Waals surface area contributed by atoms with E-state index < -0.39 is 6.10 Å². The number of carbonyl (C=O) groups is 1. The summed E-state index contributed by atoms with van der Waals surface area (Å²) in [6.45, 7) is 1.91. The van der Waals surface area contributed by atoms with Crippen LogP contribution in [-0.4, -0.2) is 18.7 Å². The quantitative estimate of drug-likeness (QED) is 0.285. The lowest BCUT2D eigenvalue weighted by atomic mass is 9.76. The van der Waals surface area contributed by atoms with Crippen molar-refractivity contribution in [3.63, 3.8) is 0 Å². The van der Waals surface area contributed by atoms with Crippen molar-refractivity contribution in [2.45, 2.75) is 31.4 Å². The van der Waals surface area contributed by atoms with Crippen molar-refractivity contribution in [3.05, 3.63) is 113 Å². The van der Waals surface area contributed by atoms with Crippen molar-refractivity contribution in [2.75, 3.05) is 12.4 Å². The highest BCUT2D eigenvalue weighted by molar-refractivity contribution is 6.00. The molecule has 2 aliphatic rings. The molecule has 2 N–H and O–H groups in total. The lowest BCUT2D eigenvalue weighted by Gasteiger charge is -2.37. The summed E-state index contributed by atoms with van der Waals surface area (Å²) in [7, 11) is 1.53. The zero-order chi connectivity index (χ0) is 23.5. The van der Waals surface area contributed by atoms with Crippen LogP contribution in [-0.2, 0) is 9.53 Å². The number of carbonyl (C=O) groups excluding carboxylic acids is 1. The van der Waals surface area contributed by atoms with Gasteiger partial charge in [-0.2, -0.15) is 5.10 Å². The number of ether oxygens (including phenoxy) is 1. The Bertz CT molecular complexity index is 1220. The molecule has 0 bridgehead atoms. The maximum absolute atomic E-state index is 12.7. The van der Waals surface area contributed by atoms with Crippen molar-refractivity contribution in [2.24, 2.45) is 11.0 Å². The average molecular weight is 452 g/mol.